The van der Waals surface area contributed by atoms with Crippen molar-refractivity contribution < 1.29 is 20.2 Å². The zero-order valence-corrected chi connectivity index (χ0v) is 8.55. The quantitative estimate of drug-likeness (QED) is 0.482. The summed E-state index contributed by atoms with van der Waals surface area (Å²) in [5.41, 5.74) is 2.00. The fourth-order valence-electron chi connectivity index (χ4n) is 1.77. The Kier molecular flexibility index (Phi) is 4.28. The van der Waals surface area contributed by atoms with Crippen LogP contribution >= 0.6 is 0 Å². The lowest BCUT2D eigenvalue weighted by Crippen LogP contribution is -2.57. The van der Waals surface area contributed by atoms with Crippen LogP contribution in [0.1, 0.15) is 26.7 Å². The largest absolute Gasteiger partial charge is 0.390 e. The summed E-state index contributed by atoms with van der Waals surface area (Å²) in [4.78, 5) is 0. The number of hydrogen-bond donors (Lipinski definition) is 4. The van der Waals surface area contributed by atoms with E-state index in [1.807, 2.05) is 12.4 Å². The molecule has 0 radical (unpaired) electrons. The zero-order chi connectivity index (χ0) is 10.7. The van der Waals surface area contributed by atoms with Crippen LogP contribution in [0.15, 0.2) is 0 Å². The highest BCUT2D eigenvalue weighted by Gasteiger charge is 2.41. The molecule has 0 amide bonds. The molecule has 0 aromatic heterocycles. The van der Waals surface area contributed by atoms with Crippen LogP contribution < -0.4 is 5.48 Å². The number of hydroxylamine groups is 1. The van der Waals surface area contributed by atoms with Crippen molar-refractivity contribution in [3.63, 3.8) is 0 Å². The van der Waals surface area contributed by atoms with Crippen LogP contribution in [0.2, 0.25) is 0 Å². The molecule has 5 nitrogen and oxygen atoms in total. The molecular weight excluding hydrogens is 186 g/mol. The number of nitrogens with one attached hydrogen (secondary N) is 1. The van der Waals surface area contributed by atoms with Crippen molar-refractivity contribution >= 4 is 0 Å². The fourth-order valence-corrected chi connectivity index (χ4v) is 1.77. The normalized spacial score (nSPS) is 43.9. The Morgan fingerprint density at radius 1 is 1.29 bits per heavy atom. The van der Waals surface area contributed by atoms with E-state index in [0.29, 0.717) is 6.42 Å². The molecule has 0 bridgehead atoms. The van der Waals surface area contributed by atoms with E-state index in [9.17, 15) is 10.2 Å². The molecule has 1 rings (SSSR count). The predicted molar refractivity (Wildman–Crippen MR) is 49.7 cm³/mol. The highest BCUT2D eigenvalue weighted by Crippen LogP contribution is 2.26. The molecule has 0 saturated carbocycles. The summed E-state index contributed by atoms with van der Waals surface area (Å²) in [6, 6.07) is 0. The van der Waals surface area contributed by atoms with Crippen LogP contribution in [0.3, 0.4) is 0 Å². The Balaban J connectivity index is 2.63. The average molecular weight is 205 g/mol. The van der Waals surface area contributed by atoms with Gasteiger partial charge in [0.25, 0.3) is 0 Å². The molecule has 4 N–H and O–H groups in total. The molecule has 1 fully saturated rings. The smallest absolute Gasteiger partial charge is 0.135 e. The minimum absolute atomic E-state index is 0.330. The maximum Gasteiger partial charge on any atom is 0.135 e. The van der Waals surface area contributed by atoms with Gasteiger partial charge in [-0.1, -0.05) is 20.3 Å². The van der Waals surface area contributed by atoms with E-state index in [-0.39, 0.29) is 5.92 Å². The molecule has 14 heavy (non-hydrogen) atoms. The van der Waals surface area contributed by atoms with Gasteiger partial charge in [-0.3, -0.25) is 0 Å². The third-order valence-corrected chi connectivity index (χ3v) is 2.77. The maximum absolute atomic E-state index is 9.67. The summed E-state index contributed by atoms with van der Waals surface area (Å²) in [7, 11) is 0. The molecule has 1 saturated heterocycles. The fraction of sp³-hybridized carbons (Fsp3) is 1.00. The minimum atomic E-state index is -0.866. The van der Waals surface area contributed by atoms with Gasteiger partial charge in [0.05, 0.1) is 12.2 Å². The number of ether oxygens (including phenoxy) is 1. The Morgan fingerprint density at radius 2 is 1.93 bits per heavy atom. The second kappa shape index (κ2) is 5.04. The standard InChI is InChI=1S/C9H19NO4/c1-3-4-6-8(12)7(11)5(2)9(10-13)14-6/h5-13H,3-4H2,1-2H3. The molecule has 84 valence electrons. The van der Waals surface area contributed by atoms with Gasteiger partial charge < -0.3 is 20.2 Å². The summed E-state index contributed by atoms with van der Waals surface area (Å²) < 4.78 is 5.40. The van der Waals surface area contributed by atoms with Crippen molar-refractivity contribution in [3.05, 3.63) is 0 Å². The molecule has 0 spiro atoms. The molecule has 5 heteroatoms. The molecule has 5 atom stereocenters. The van der Waals surface area contributed by atoms with E-state index in [1.54, 1.807) is 6.92 Å². The van der Waals surface area contributed by atoms with Gasteiger partial charge in [0.1, 0.15) is 12.3 Å². The summed E-state index contributed by atoms with van der Waals surface area (Å²) in [6.07, 6.45) is -1.20. The van der Waals surface area contributed by atoms with E-state index >= 15 is 0 Å². The van der Waals surface area contributed by atoms with Crippen molar-refractivity contribution in [2.75, 3.05) is 0 Å². The predicted octanol–water partition coefficient (Wildman–Crippen LogP) is -0.152. The lowest BCUT2D eigenvalue weighted by Gasteiger charge is -2.40. The zero-order valence-electron chi connectivity index (χ0n) is 8.55. The van der Waals surface area contributed by atoms with Crippen molar-refractivity contribution in [1.82, 2.24) is 5.48 Å². The summed E-state index contributed by atoms with van der Waals surface area (Å²) >= 11 is 0. The molecule has 0 aliphatic carbocycles. The van der Waals surface area contributed by atoms with E-state index in [2.05, 4.69) is 0 Å². The molecule has 5 unspecified atom stereocenters. The van der Waals surface area contributed by atoms with E-state index in [4.69, 9.17) is 9.94 Å². The third kappa shape index (κ3) is 2.24. The molecule has 0 aromatic rings. The van der Waals surface area contributed by atoms with Crippen LogP contribution in [0.25, 0.3) is 0 Å². The van der Waals surface area contributed by atoms with Crippen LogP contribution in [0.5, 0.6) is 0 Å². The van der Waals surface area contributed by atoms with Crippen molar-refractivity contribution in [3.8, 4) is 0 Å². The third-order valence-electron chi connectivity index (χ3n) is 2.77. The number of aliphatic hydroxyl groups excluding tert-OH is 2. The monoisotopic (exact) mass is 205 g/mol. The second-order valence-corrected chi connectivity index (χ2v) is 3.85. The average Bonchev–Trinajstić information content (AvgIpc) is 2.19. The van der Waals surface area contributed by atoms with E-state index < -0.39 is 24.5 Å². The lowest BCUT2D eigenvalue weighted by molar-refractivity contribution is -0.227. The van der Waals surface area contributed by atoms with Crippen molar-refractivity contribution in [1.29, 1.82) is 0 Å². The first-order valence-corrected chi connectivity index (χ1v) is 5.03. The van der Waals surface area contributed by atoms with Crippen LogP contribution in [0.4, 0.5) is 0 Å². The first kappa shape index (κ1) is 11.9. The summed E-state index contributed by atoms with van der Waals surface area (Å²) in [6.45, 7) is 3.69. The Labute approximate surface area is 83.7 Å². The molecule has 0 aromatic carbocycles. The number of hydrogen-bond acceptors (Lipinski definition) is 5. The van der Waals surface area contributed by atoms with Crippen molar-refractivity contribution in [2.24, 2.45) is 5.92 Å². The van der Waals surface area contributed by atoms with Crippen molar-refractivity contribution in [2.45, 2.75) is 51.2 Å². The van der Waals surface area contributed by atoms with Gasteiger partial charge in [-0.25, -0.2) is 0 Å². The van der Waals surface area contributed by atoms with Crippen LogP contribution in [-0.2, 0) is 4.74 Å². The van der Waals surface area contributed by atoms with E-state index in [0.717, 1.165) is 6.42 Å². The van der Waals surface area contributed by atoms with Crippen LogP contribution in [-0.4, -0.2) is 40.0 Å². The van der Waals surface area contributed by atoms with E-state index in [1.165, 1.54) is 0 Å². The van der Waals surface area contributed by atoms with Gasteiger partial charge in [0.2, 0.25) is 0 Å². The lowest BCUT2D eigenvalue weighted by atomic mass is 9.90. The first-order valence-electron chi connectivity index (χ1n) is 5.03. The summed E-state index contributed by atoms with van der Waals surface area (Å²) in [5.74, 6) is -0.330. The highest BCUT2D eigenvalue weighted by molar-refractivity contribution is 4.87. The van der Waals surface area contributed by atoms with Gasteiger partial charge >= 0.3 is 0 Å². The number of aliphatic hydroxyl groups is 2. The highest BCUT2D eigenvalue weighted by atomic mass is 16.6. The van der Waals surface area contributed by atoms with Gasteiger partial charge in [0, 0.05) is 5.92 Å². The topological polar surface area (TPSA) is 82.0 Å². The number of rotatable bonds is 3. The second-order valence-electron chi connectivity index (χ2n) is 3.85. The molecule has 1 heterocycles. The minimum Gasteiger partial charge on any atom is -0.390 e. The Morgan fingerprint density at radius 3 is 2.43 bits per heavy atom. The van der Waals surface area contributed by atoms with Gasteiger partial charge in [-0.15, -0.1) is 0 Å². The maximum atomic E-state index is 9.67. The Hall–Kier alpha value is -0.200. The molecular formula is C9H19NO4. The summed E-state index contributed by atoms with van der Waals surface area (Å²) in [5, 5.41) is 28.1. The Bertz CT molecular complexity index is 174. The SMILES string of the molecule is CCCC1OC(NO)C(C)C(O)C1O. The van der Waals surface area contributed by atoms with Gasteiger partial charge in [0.15, 0.2) is 0 Å². The molecule has 1 aliphatic heterocycles. The van der Waals surface area contributed by atoms with Crippen LogP contribution in [0, 0.1) is 5.92 Å². The van der Waals surface area contributed by atoms with Gasteiger partial charge in [-0.05, 0) is 6.42 Å². The van der Waals surface area contributed by atoms with Gasteiger partial charge in [-0.2, -0.15) is 5.48 Å². The molecule has 1 aliphatic rings. The first-order chi connectivity index (χ1) is 6.61.